The number of benzene rings is 1. The van der Waals surface area contributed by atoms with Crippen LogP contribution in [0.5, 0.6) is 11.5 Å². The summed E-state index contributed by atoms with van der Waals surface area (Å²) in [5, 5.41) is 0. The van der Waals surface area contributed by atoms with Crippen molar-refractivity contribution in [1.82, 2.24) is 0 Å². The van der Waals surface area contributed by atoms with Crippen LogP contribution in [-0.4, -0.2) is 27.4 Å². The van der Waals surface area contributed by atoms with Crippen molar-refractivity contribution in [2.24, 2.45) is 5.92 Å². The van der Waals surface area contributed by atoms with Crippen LogP contribution >= 0.6 is 0 Å². The van der Waals surface area contributed by atoms with Gasteiger partial charge in [-0.25, -0.2) is 0 Å². The second-order valence-corrected chi connectivity index (χ2v) is 5.15. The highest BCUT2D eigenvalue weighted by molar-refractivity contribution is 5.58. The Bertz CT molecular complexity index is 436. The summed E-state index contributed by atoms with van der Waals surface area (Å²) in [5.74, 6) is 2.10. The van der Waals surface area contributed by atoms with Gasteiger partial charge in [-0.15, -0.1) is 0 Å². The Morgan fingerprint density at radius 1 is 1.15 bits per heavy atom. The van der Waals surface area contributed by atoms with Crippen LogP contribution in [0.1, 0.15) is 32.8 Å². The van der Waals surface area contributed by atoms with Gasteiger partial charge >= 0.3 is 0 Å². The Balaban J connectivity index is 2.82. The van der Waals surface area contributed by atoms with Gasteiger partial charge in [-0.05, 0) is 30.5 Å². The molecule has 0 N–H and O–H groups in total. The maximum Gasteiger partial charge on any atom is 0.161 e. The van der Waals surface area contributed by atoms with Crippen molar-refractivity contribution in [2.45, 2.75) is 27.2 Å². The van der Waals surface area contributed by atoms with Crippen molar-refractivity contribution in [3.63, 3.8) is 0 Å². The quantitative estimate of drug-likeness (QED) is 0.668. The summed E-state index contributed by atoms with van der Waals surface area (Å²) in [4.78, 5) is 0. The average molecular weight is 278 g/mol. The fourth-order valence-corrected chi connectivity index (χ4v) is 1.71. The van der Waals surface area contributed by atoms with Crippen molar-refractivity contribution in [3.05, 3.63) is 29.3 Å². The lowest BCUT2D eigenvalue weighted by atomic mass is 10.0. The molecule has 0 spiro atoms. The minimum Gasteiger partial charge on any atom is -0.493 e. The summed E-state index contributed by atoms with van der Waals surface area (Å²) < 4.78 is 16.1. The summed E-state index contributed by atoms with van der Waals surface area (Å²) in [7, 11) is 3.35. The maximum absolute atomic E-state index is 5.78. The highest BCUT2D eigenvalue weighted by Gasteiger charge is 2.06. The highest BCUT2D eigenvalue weighted by Crippen LogP contribution is 2.29. The molecule has 0 fully saturated rings. The molecular formula is C17H26O3. The monoisotopic (exact) mass is 278 g/mol. The van der Waals surface area contributed by atoms with Gasteiger partial charge in [0.15, 0.2) is 11.5 Å². The van der Waals surface area contributed by atoms with Gasteiger partial charge in [-0.3, -0.25) is 0 Å². The van der Waals surface area contributed by atoms with Crippen LogP contribution in [0.3, 0.4) is 0 Å². The molecule has 20 heavy (non-hydrogen) atoms. The second-order valence-electron chi connectivity index (χ2n) is 5.15. The highest BCUT2D eigenvalue weighted by atomic mass is 16.5. The third-order valence-corrected chi connectivity index (χ3v) is 3.24. The number of hydrogen-bond acceptors (Lipinski definition) is 3. The molecule has 3 heteroatoms. The molecule has 1 aromatic rings. The molecule has 0 aliphatic heterocycles. The summed E-state index contributed by atoms with van der Waals surface area (Å²) in [6.45, 7) is 7.86. The molecule has 0 amide bonds. The molecule has 0 aromatic heterocycles. The summed E-state index contributed by atoms with van der Waals surface area (Å²) in [6.07, 6.45) is 3.05. The van der Waals surface area contributed by atoms with Crippen molar-refractivity contribution in [1.29, 1.82) is 0 Å². The Morgan fingerprint density at radius 3 is 2.50 bits per heavy atom. The van der Waals surface area contributed by atoms with Gasteiger partial charge in [-0.1, -0.05) is 31.6 Å². The van der Waals surface area contributed by atoms with Crippen molar-refractivity contribution in [3.8, 4) is 11.5 Å². The molecular weight excluding hydrogens is 252 g/mol. The molecule has 0 aliphatic carbocycles. The van der Waals surface area contributed by atoms with Crippen LogP contribution in [0, 0.1) is 5.92 Å². The normalized spacial score (nSPS) is 11.8. The zero-order valence-electron chi connectivity index (χ0n) is 13.2. The molecule has 1 rings (SSSR count). The third-order valence-electron chi connectivity index (χ3n) is 3.24. The number of methoxy groups -OCH3 is 2. The van der Waals surface area contributed by atoms with Crippen LogP contribution in [0.15, 0.2) is 23.8 Å². The molecule has 1 aromatic carbocycles. The smallest absolute Gasteiger partial charge is 0.161 e. The lowest BCUT2D eigenvalue weighted by molar-refractivity contribution is 0.170. The van der Waals surface area contributed by atoms with E-state index in [4.69, 9.17) is 14.2 Å². The van der Waals surface area contributed by atoms with Gasteiger partial charge in [0.05, 0.1) is 13.7 Å². The molecule has 0 radical (unpaired) electrons. The Labute approximate surface area is 122 Å². The first kappa shape index (κ1) is 16.6. The topological polar surface area (TPSA) is 27.7 Å². The van der Waals surface area contributed by atoms with E-state index >= 15 is 0 Å². The van der Waals surface area contributed by atoms with E-state index in [1.807, 2.05) is 18.2 Å². The molecule has 0 saturated carbocycles. The van der Waals surface area contributed by atoms with Crippen LogP contribution in [0.2, 0.25) is 0 Å². The van der Waals surface area contributed by atoms with Gasteiger partial charge in [0, 0.05) is 20.1 Å². The Kier molecular flexibility index (Phi) is 7.16. The maximum atomic E-state index is 5.78. The summed E-state index contributed by atoms with van der Waals surface area (Å²) >= 11 is 0. The first-order valence-electron chi connectivity index (χ1n) is 7.06. The molecule has 0 saturated heterocycles. The number of hydrogen-bond donors (Lipinski definition) is 0. The molecule has 0 heterocycles. The van der Waals surface area contributed by atoms with E-state index in [1.54, 1.807) is 14.2 Å². The molecule has 3 nitrogen and oxygen atoms in total. The second kappa shape index (κ2) is 8.64. The zero-order chi connectivity index (χ0) is 15.0. The average Bonchev–Trinajstić information content (AvgIpc) is 2.43. The number of allylic oxidation sites excluding steroid dienone is 1. The summed E-state index contributed by atoms with van der Waals surface area (Å²) in [5.41, 5.74) is 2.49. The molecule has 0 aliphatic rings. The van der Waals surface area contributed by atoms with E-state index in [1.165, 1.54) is 5.57 Å². The van der Waals surface area contributed by atoms with Gasteiger partial charge in [-0.2, -0.15) is 0 Å². The standard InChI is InChI=1S/C17H26O3/c1-13(2)14(3)11-15-7-8-16(19-5)17(12-15)20-10-6-9-18-4/h7-8,11-13H,6,9-10H2,1-5H3/b14-11-. The van der Waals surface area contributed by atoms with Crippen LogP contribution in [0.25, 0.3) is 6.08 Å². The van der Waals surface area contributed by atoms with Gasteiger partial charge in [0.2, 0.25) is 0 Å². The first-order chi connectivity index (χ1) is 9.58. The van der Waals surface area contributed by atoms with Crippen LogP contribution in [0.4, 0.5) is 0 Å². The van der Waals surface area contributed by atoms with E-state index in [9.17, 15) is 0 Å². The predicted octanol–water partition coefficient (Wildman–Crippen LogP) is 4.17. The fourth-order valence-electron chi connectivity index (χ4n) is 1.71. The Morgan fingerprint density at radius 2 is 1.90 bits per heavy atom. The zero-order valence-corrected chi connectivity index (χ0v) is 13.2. The number of ether oxygens (including phenoxy) is 3. The summed E-state index contributed by atoms with van der Waals surface area (Å²) in [6, 6.07) is 6.02. The van der Waals surface area contributed by atoms with Crippen molar-refractivity contribution >= 4 is 6.08 Å². The molecule has 0 atom stereocenters. The SMILES string of the molecule is COCCCOc1cc(/C=C(/C)C(C)C)ccc1OC. The molecule has 0 unspecified atom stereocenters. The van der Waals surface area contributed by atoms with Gasteiger partial charge < -0.3 is 14.2 Å². The van der Waals surface area contributed by atoms with E-state index in [2.05, 4.69) is 26.8 Å². The van der Waals surface area contributed by atoms with E-state index in [-0.39, 0.29) is 0 Å². The molecule has 0 bridgehead atoms. The van der Waals surface area contributed by atoms with E-state index in [0.29, 0.717) is 19.1 Å². The predicted molar refractivity (Wildman–Crippen MR) is 83.5 cm³/mol. The van der Waals surface area contributed by atoms with Crippen LogP contribution < -0.4 is 9.47 Å². The van der Waals surface area contributed by atoms with Crippen molar-refractivity contribution < 1.29 is 14.2 Å². The minimum atomic E-state index is 0.545. The largest absolute Gasteiger partial charge is 0.493 e. The lowest BCUT2D eigenvalue weighted by Gasteiger charge is -2.12. The fraction of sp³-hybridized carbons (Fsp3) is 0.529. The van der Waals surface area contributed by atoms with Crippen molar-refractivity contribution in [2.75, 3.05) is 27.4 Å². The molecule has 112 valence electrons. The Hall–Kier alpha value is -1.48. The van der Waals surface area contributed by atoms with Gasteiger partial charge in [0.25, 0.3) is 0 Å². The van der Waals surface area contributed by atoms with Crippen LogP contribution in [-0.2, 0) is 4.74 Å². The third kappa shape index (κ3) is 5.25. The van der Waals surface area contributed by atoms with E-state index < -0.39 is 0 Å². The minimum absolute atomic E-state index is 0.545. The lowest BCUT2D eigenvalue weighted by Crippen LogP contribution is -2.02. The van der Waals surface area contributed by atoms with E-state index in [0.717, 1.165) is 23.5 Å². The van der Waals surface area contributed by atoms with Gasteiger partial charge in [0.1, 0.15) is 0 Å². The first-order valence-corrected chi connectivity index (χ1v) is 7.06. The number of rotatable bonds is 8.